The van der Waals surface area contributed by atoms with Crippen LogP contribution in [0.5, 0.6) is 0 Å². The quantitative estimate of drug-likeness (QED) is 0.784. The van der Waals surface area contributed by atoms with Crippen LogP contribution in [0.3, 0.4) is 0 Å². The number of piperidine rings is 1. The Morgan fingerprint density at radius 2 is 2.03 bits per heavy atom. The van der Waals surface area contributed by atoms with Gasteiger partial charge in [0, 0.05) is 19.2 Å². The summed E-state index contributed by atoms with van der Waals surface area (Å²) in [5.74, 6) is 0.676. The molecule has 2 aliphatic heterocycles. The molecular formula is C26H27N3O2. The predicted molar refractivity (Wildman–Crippen MR) is 119 cm³/mol. The molecule has 2 aromatic rings. The molecule has 5 heteroatoms. The van der Waals surface area contributed by atoms with Crippen molar-refractivity contribution in [3.05, 3.63) is 53.6 Å². The summed E-state index contributed by atoms with van der Waals surface area (Å²) in [5, 5.41) is 13.1. The third kappa shape index (κ3) is 3.55. The number of hydrogen-bond donors (Lipinski definition) is 1. The van der Waals surface area contributed by atoms with Crippen LogP contribution in [0.4, 0.5) is 5.69 Å². The first kappa shape index (κ1) is 20.0. The predicted octanol–water partition coefficient (Wildman–Crippen LogP) is 3.66. The van der Waals surface area contributed by atoms with Crippen LogP contribution >= 0.6 is 0 Å². The summed E-state index contributed by atoms with van der Waals surface area (Å²) in [5.41, 5.74) is 4.91. The summed E-state index contributed by atoms with van der Waals surface area (Å²) in [6.45, 7) is 0.942. The van der Waals surface area contributed by atoms with Crippen molar-refractivity contribution in [1.82, 2.24) is 5.32 Å². The molecular weight excluding hydrogens is 386 g/mol. The molecule has 2 heterocycles. The van der Waals surface area contributed by atoms with E-state index in [4.69, 9.17) is 0 Å². The van der Waals surface area contributed by atoms with E-state index in [1.807, 2.05) is 25.2 Å². The van der Waals surface area contributed by atoms with Crippen molar-refractivity contribution < 1.29 is 9.59 Å². The Labute approximate surface area is 183 Å². The fourth-order valence-corrected chi connectivity index (χ4v) is 5.50. The molecule has 3 aliphatic rings. The highest BCUT2D eigenvalue weighted by atomic mass is 16.2. The third-order valence-corrected chi connectivity index (χ3v) is 7.43. The number of fused-ring (bicyclic) bond motifs is 3. The Morgan fingerprint density at radius 3 is 2.68 bits per heavy atom. The van der Waals surface area contributed by atoms with E-state index in [-0.39, 0.29) is 23.1 Å². The maximum Gasteiger partial charge on any atom is 0.231 e. The summed E-state index contributed by atoms with van der Waals surface area (Å²) in [6.07, 6.45) is 4.37. The Morgan fingerprint density at radius 1 is 1.26 bits per heavy atom. The largest absolute Gasteiger partial charge is 0.315 e. The number of nitrogens with zero attached hydrogens (tertiary/aromatic N) is 2. The Bertz CT molecular complexity index is 1070. The second-order valence-electron chi connectivity index (χ2n) is 9.40. The number of nitriles is 1. The molecule has 2 fully saturated rings. The lowest BCUT2D eigenvalue weighted by atomic mass is 9.85. The van der Waals surface area contributed by atoms with Crippen molar-refractivity contribution >= 4 is 17.4 Å². The van der Waals surface area contributed by atoms with Crippen molar-refractivity contribution in [2.24, 2.45) is 11.8 Å². The van der Waals surface area contributed by atoms with Crippen LogP contribution < -0.4 is 10.2 Å². The fourth-order valence-electron chi connectivity index (χ4n) is 5.50. The van der Waals surface area contributed by atoms with Crippen LogP contribution in [0, 0.1) is 23.2 Å². The average molecular weight is 414 g/mol. The van der Waals surface area contributed by atoms with Gasteiger partial charge in [-0.25, -0.2) is 0 Å². The molecule has 0 aromatic heterocycles. The maximum absolute atomic E-state index is 12.9. The molecule has 0 unspecified atom stereocenters. The number of amides is 1. The van der Waals surface area contributed by atoms with Crippen LogP contribution in [0.1, 0.15) is 36.8 Å². The maximum atomic E-state index is 12.9. The van der Waals surface area contributed by atoms with Gasteiger partial charge in [0.05, 0.1) is 23.9 Å². The molecule has 3 atom stereocenters. The average Bonchev–Trinajstić information content (AvgIpc) is 3.48. The Balaban J connectivity index is 1.26. The van der Waals surface area contributed by atoms with Crippen LogP contribution in [-0.2, 0) is 22.4 Å². The molecule has 5 rings (SSSR count). The van der Waals surface area contributed by atoms with Crippen LogP contribution in [0.15, 0.2) is 42.5 Å². The van der Waals surface area contributed by atoms with E-state index in [1.54, 1.807) is 4.90 Å². The standard InChI is InChI=1S/C26H27N3O2/c1-29-23-12-21(6-7-22(23)13-25(29)31)20-4-2-17(3-5-20)10-19(15-27)11-24(30)26-9-8-18(14-26)16-28-26/h2-7,12,18-19,28H,8-11,13-14,16H2,1H3/t18-,19+,26-/m0/s1. The molecule has 2 aromatic carbocycles. The van der Waals surface area contributed by atoms with Gasteiger partial charge in [-0.15, -0.1) is 0 Å². The second-order valence-corrected chi connectivity index (χ2v) is 9.40. The van der Waals surface area contributed by atoms with Crippen molar-refractivity contribution in [3.63, 3.8) is 0 Å². The monoisotopic (exact) mass is 413 g/mol. The van der Waals surface area contributed by atoms with Gasteiger partial charge in [0.1, 0.15) is 0 Å². The zero-order valence-corrected chi connectivity index (χ0v) is 17.9. The zero-order chi connectivity index (χ0) is 21.6. The molecule has 1 saturated carbocycles. The van der Waals surface area contributed by atoms with Gasteiger partial charge < -0.3 is 10.2 Å². The first-order valence-corrected chi connectivity index (χ1v) is 11.1. The van der Waals surface area contributed by atoms with Crippen LogP contribution in [0.25, 0.3) is 11.1 Å². The molecule has 31 heavy (non-hydrogen) atoms. The van der Waals surface area contributed by atoms with Gasteiger partial charge in [-0.3, -0.25) is 9.59 Å². The Kier molecular flexibility index (Phi) is 4.91. The highest BCUT2D eigenvalue weighted by molar-refractivity contribution is 6.01. The number of anilines is 1. The summed E-state index contributed by atoms with van der Waals surface area (Å²) in [7, 11) is 1.82. The zero-order valence-electron chi connectivity index (χ0n) is 17.9. The van der Waals surface area contributed by atoms with Crippen molar-refractivity contribution in [2.75, 3.05) is 18.5 Å². The molecule has 2 bridgehead atoms. The van der Waals surface area contributed by atoms with Gasteiger partial charge in [0.15, 0.2) is 5.78 Å². The summed E-state index contributed by atoms with van der Waals surface area (Å²) in [6, 6.07) is 16.7. The highest BCUT2D eigenvalue weighted by Gasteiger charge is 2.49. The van der Waals surface area contributed by atoms with Crippen molar-refractivity contribution in [1.29, 1.82) is 5.26 Å². The van der Waals surface area contributed by atoms with E-state index < -0.39 is 0 Å². The van der Waals surface area contributed by atoms with E-state index in [0.717, 1.165) is 53.7 Å². The lowest BCUT2D eigenvalue weighted by molar-refractivity contribution is -0.125. The molecule has 0 spiro atoms. The summed E-state index contributed by atoms with van der Waals surface area (Å²) < 4.78 is 0. The van der Waals surface area contributed by atoms with Gasteiger partial charge >= 0.3 is 0 Å². The number of nitrogens with one attached hydrogen (secondary N) is 1. The van der Waals surface area contributed by atoms with Crippen molar-refractivity contribution in [2.45, 2.75) is 44.1 Å². The molecule has 1 aliphatic carbocycles. The van der Waals surface area contributed by atoms with Gasteiger partial charge in [-0.2, -0.15) is 5.26 Å². The summed E-state index contributed by atoms with van der Waals surface area (Å²) >= 11 is 0. The third-order valence-electron chi connectivity index (χ3n) is 7.43. The summed E-state index contributed by atoms with van der Waals surface area (Å²) in [4.78, 5) is 26.6. The van der Waals surface area contributed by atoms with Crippen LogP contribution in [-0.4, -0.2) is 30.8 Å². The van der Waals surface area contributed by atoms with Gasteiger partial charge in [-0.1, -0.05) is 36.4 Å². The minimum absolute atomic E-state index is 0.125. The first-order chi connectivity index (χ1) is 15.0. The number of Topliss-reactive ketones (excluding diaryl/α,β-unsaturated/α-hetero) is 1. The van der Waals surface area contributed by atoms with E-state index in [2.05, 4.69) is 35.7 Å². The van der Waals surface area contributed by atoms with Crippen LogP contribution in [0.2, 0.25) is 0 Å². The number of ketones is 1. The van der Waals surface area contributed by atoms with E-state index >= 15 is 0 Å². The van der Waals surface area contributed by atoms with E-state index in [9.17, 15) is 14.9 Å². The number of hydrogen-bond acceptors (Lipinski definition) is 4. The molecule has 1 saturated heterocycles. The SMILES string of the molecule is CN1C(=O)Cc2ccc(-c3ccc(C[C@@H](C#N)CC(=O)[C@@]45CC[C@H](CN4)C5)cc3)cc21. The van der Waals surface area contributed by atoms with Gasteiger partial charge in [0.25, 0.3) is 0 Å². The molecule has 0 radical (unpaired) electrons. The van der Waals surface area contributed by atoms with Crippen molar-refractivity contribution in [3.8, 4) is 17.2 Å². The second kappa shape index (κ2) is 7.62. The Hall–Kier alpha value is -2.97. The molecule has 158 valence electrons. The first-order valence-electron chi connectivity index (χ1n) is 11.1. The number of carbonyl (C=O) groups is 2. The minimum atomic E-state index is -0.355. The topological polar surface area (TPSA) is 73.2 Å². The molecule has 5 nitrogen and oxygen atoms in total. The number of benzene rings is 2. The lowest BCUT2D eigenvalue weighted by Crippen LogP contribution is -2.48. The van der Waals surface area contributed by atoms with E-state index in [0.29, 0.717) is 25.2 Å². The number of rotatable bonds is 6. The smallest absolute Gasteiger partial charge is 0.231 e. The minimum Gasteiger partial charge on any atom is -0.315 e. The lowest BCUT2D eigenvalue weighted by Gasteiger charge is -2.27. The highest BCUT2D eigenvalue weighted by Crippen LogP contribution is 2.41. The van der Waals surface area contributed by atoms with E-state index in [1.165, 1.54) is 0 Å². The normalized spacial score (nSPS) is 24.8. The van der Waals surface area contributed by atoms with Gasteiger partial charge in [-0.05, 0) is 66.5 Å². The molecule has 1 amide bonds. The molecule has 1 N–H and O–H groups in total. The van der Waals surface area contributed by atoms with Gasteiger partial charge in [0.2, 0.25) is 5.91 Å². The fraction of sp³-hybridized carbons (Fsp3) is 0.423. The number of carbonyl (C=O) groups excluding carboxylic acids is 2. The number of likely N-dealkylation sites (N-methyl/N-ethyl adjacent to an activating group) is 1.